The van der Waals surface area contributed by atoms with Crippen LogP contribution in [0.25, 0.3) is 0 Å². The number of aromatic hydroxyl groups is 1. The highest BCUT2D eigenvalue weighted by molar-refractivity contribution is 9.10. The number of anilines is 1. The van der Waals surface area contributed by atoms with E-state index in [0.29, 0.717) is 18.7 Å². The molecular weight excluding hydrogens is 281 g/mol. The molecule has 2 rings (SSSR count). The standard InChI is InChI=1S/C10H9BrClNO2/c11-6-1-2-9(14)8(3-6)13-5-7(12)4-10(13)15/h1-3,7,14H,4-5H2. The van der Waals surface area contributed by atoms with Crippen LogP contribution in [0.15, 0.2) is 22.7 Å². The van der Waals surface area contributed by atoms with Gasteiger partial charge in [0.1, 0.15) is 5.75 Å². The van der Waals surface area contributed by atoms with Crippen molar-refractivity contribution in [3.63, 3.8) is 0 Å². The van der Waals surface area contributed by atoms with Crippen molar-refractivity contribution in [3.8, 4) is 5.75 Å². The number of hydrogen-bond acceptors (Lipinski definition) is 2. The van der Waals surface area contributed by atoms with Gasteiger partial charge in [0.2, 0.25) is 5.91 Å². The molecule has 0 bridgehead atoms. The molecular formula is C10H9BrClNO2. The Kier molecular flexibility index (Phi) is 2.89. The van der Waals surface area contributed by atoms with E-state index in [1.54, 1.807) is 18.2 Å². The van der Waals surface area contributed by atoms with Crippen molar-refractivity contribution in [2.24, 2.45) is 0 Å². The van der Waals surface area contributed by atoms with Crippen molar-refractivity contribution in [2.75, 3.05) is 11.4 Å². The molecule has 0 spiro atoms. The van der Waals surface area contributed by atoms with Crippen LogP contribution in [0.3, 0.4) is 0 Å². The third-order valence-electron chi connectivity index (χ3n) is 2.31. The molecule has 5 heteroatoms. The largest absolute Gasteiger partial charge is 0.506 e. The first-order valence-corrected chi connectivity index (χ1v) is 5.74. The lowest BCUT2D eigenvalue weighted by Crippen LogP contribution is -2.24. The second kappa shape index (κ2) is 4.02. The highest BCUT2D eigenvalue weighted by Gasteiger charge is 2.30. The number of rotatable bonds is 1. The van der Waals surface area contributed by atoms with Crippen LogP contribution in [0.4, 0.5) is 5.69 Å². The number of phenolic OH excluding ortho intramolecular Hbond substituents is 1. The first-order valence-electron chi connectivity index (χ1n) is 4.51. The van der Waals surface area contributed by atoms with Crippen LogP contribution >= 0.6 is 27.5 Å². The predicted molar refractivity (Wildman–Crippen MR) is 62.4 cm³/mol. The summed E-state index contributed by atoms with van der Waals surface area (Å²) >= 11 is 9.18. The summed E-state index contributed by atoms with van der Waals surface area (Å²) in [5.41, 5.74) is 0.512. The topological polar surface area (TPSA) is 40.5 Å². The van der Waals surface area contributed by atoms with E-state index < -0.39 is 0 Å². The summed E-state index contributed by atoms with van der Waals surface area (Å²) in [6.07, 6.45) is 0.327. The quantitative estimate of drug-likeness (QED) is 0.807. The van der Waals surface area contributed by atoms with E-state index in [-0.39, 0.29) is 17.0 Å². The minimum absolute atomic E-state index is 0.0524. The molecule has 1 aromatic rings. The maximum Gasteiger partial charge on any atom is 0.228 e. The molecule has 1 unspecified atom stereocenters. The van der Waals surface area contributed by atoms with Crippen molar-refractivity contribution in [1.82, 2.24) is 0 Å². The fourth-order valence-electron chi connectivity index (χ4n) is 1.61. The highest BCUT2D eigenvalue weighted by Crippen LogP contribution is 2.33. The smallest absolute Gasteiger partial charge is 0.228 e. The van der Waals surface area contributed by atoms with Crippen LogP contribution in [0.2, 0.25) is 0 Å². The maximum absolute atomic E-state index is 11.6. The molecule has 1 aromatic carbocycles. The van der Waals surface area contributed by atoms with Crippen molar-refractivity contribution in [1.29, 1.82) is 0 Å². The van der Waals surface area contributed by atoms with E-state index in [1.165, 1.54) is 4.90 Å². The van der Waals surface area contributed by atoms with Gasteiger partial charge in [-0.15, -0.1) is 11.6 Å². The zero-order chi connectivity index (χ0) is 11.0. The molecule has 1 saturated heterocycles. The van der Waals surface area contributed by atoms with E-state index in [2.05, 4.69) is 15.9 Å². The normalized spacial score (nSPS) is 21.1. The lowest BCUT2D eigenvalue weighted by atomic mass is 10.2. The number of alkyl halides is 1. The molecule has 0 aliphatic carbocycles. The van der Waals surface area contributed by atoms with Crippen LogP contribution in [-0.4, -0.2) is 22.9 Å². The van der Waals surface area contributed by atoms with Gasteiger partial charge >= 0.3 is 0 Å². The maximum atomic E-state index is 11.6. The van der Waals surface area contributed by atoms with E-state index >= 15 is 0 Å². The fourth-order valence-corrected chi connectivity index (χ4v) is 2.23. The Hall–Kier alpha value is -0.740. The van der Waals surface area contributed by atoms with Gasteiger partial charge in [-0.3, -0.25) is 4.79 Å². The number of phenols is 1. The van der Waals surface area contributed by atoms with Crippen molar-refractivity contribution < 1.29 is 9.90 Å². The number of hydrogen-bond donors (Lipinski definition) is 1. The number of carbonyl (C=O) groups is 1. The van der Waals surface area contributed by atoms with Gasteiger partial charge < -0.3 is 10.0 Å². The molecule has 0 saturated carbocycles. The van der Waals surface area contributed by atoms with Gasteiger partial charge in [0.05, 0.1) is 11.1 Å². The molecule has 15 heavy (non-hydrogen) atoms. The Morgan fingerprint density at radius 2 is 2.27 bits per heavy atom. The number of carbonyl (C=O) groups excluding carboxylic acids is 1. The summed E-state index contributed by atoms with van der Waals surface area (Å²) in [5.74, 6) is 0.0423. The third-order valence-corrected chi connectivity index (χ3v) is 3.09. The van der Waals surface area contributed by atoms with Crippen LogP contribution in [0.5, 0.6) is 5.75 Å². The summed E-state index contributed by atoms with van der Waals surface area (Å²) in [5, 5.41) is 9.47. The molecule has 80 valence electrons. The number of nitrogens with zero attached hydrogens (tertiary/aromatic N) is 1. The lowest BCUT2D eigenvalue weighted by Gasteiger charge is -2.17. The molecule has 1 N–H and O–H groups in total. The average Bonchev–Trinajstić information content (AvgIpc) is 2.50. The Morgan fingerprint density at radius 3 is 2.87 bits per heavy atom. The van der Waals surface area contributed by atoms with Gasteiger partial charge in [-0.1, -0.05) is 15.9 Å². The molecule has 1 amide bonds. The first-order chi connectivity index (χ1) is 7.08. The van der Waals surface area contributed by atoms with Crippen LogP contribution in [0, 0.1) is 0 Å². The van der Waals surface area contributed by atoms with Crippen LogP contribution in [0.1, 0.15) is 6.42 Å². The molecule has 1 aliphatic rings. The summed E-state index contributed by atoms with van der Waals surface area (Å²) in [4.78, 5) is 13.1. The fraction of sp³-hybridized carbons (Fsp3) is 0.300. The van der Waals surface area contributed by atoms with Gasteiger partial charge in [-0.25, -0.2) is 0 Å². The summed E-state index contributed by atoms with van der Waals surface area (Å²) in [6, 6.07) is 4.98. The zero-order valence-corrected chi connectivity index (χ0v) is 10.1. The predicted octanol–water partition coefficient (Wildman–Crippen LogP) is 2.50. The minimum atomic E-state index is -0.170. The zero-order valence-electron chi connectivity index (χ0n) is 7.78. The minimum Gasteiger partial charge on any atom is -0.506 e. The summed E-state index contributed by atoms with van der Waals surface area (Å²) in [6.45, 7) is 0.449. The van der Waals surface area contributed by atoms with Gasteiger partial charge in [-0.2, -0.15) is 0 Å². The molecule has 1 heterocycles. The van der Waals surface area contributed by atoms with Gasteiger partial charge in [0.25, 0.3) is 0 Å². The monoisotopic (exact) mass is 289 g/mol. The Labute approximate surface area is 101 Å². The second-order valence-corrected chi connectivity index (χ2v) is 4.97. The Morgan fingerprint density at radius 1 is 1.53 bits per heavy atom. The lowest BCUT2D eigenvalue weighted by molar-refractivity contribution is -0.117. The number of benzene rings is 1. The van der Waals surface area contributed by atoms with Crippen LogP contribution < -0.4 is 4.90 Å². The first kappa shape index (κ1) is 10.8. The molecule has 1 aliphatic heterocycles. The van der Waals surface area contributed by atoms with Gasteiger partial charge in [-0.05, 0) is 18.2 Å². The number of amides is 1. The van der Waals surface area contributed by atoms with Crippen LogP contribution in [-0.2, 0) is 4.79 Å². The molecule has 0 aromatic heterocycles. The van der Waals surface area contributed by atoms with E-state index in [9.17, 15) is 9.90 Å². The van der Waals surface area contributed by atoms with Gasteiger partial charge in [0, 0.05) is 17.4 Å². The average molecular weight is 291 g/mol. The third kappa shape index (κ3) is 2.11. The Bertz CT molecular complexity index is 410. The number of halogens is 2. The van der Waals surface area contributed by atoms with Crippen molar-refractivity contribution in [2.45, 2.75) is 11.8 Å². The second-order valence-electron chi connectivity index (χ2n) is 3.44. The molecule has 1 atom stereocenters. The molecule has 1 fully saturated rings. The van der Waals surface area contributed by atoms with Crippen molar-refractivity contribution >= 4 is 39.1 Å². The molecule has 0 radical (unpaired) electrons. The van der Waals surface area contributed by atoms with E-state index in [4.69, 9.17) is 11.6 Å². The van der Waals surface area contributed by atoms with E-state index in [1.807, 2.05) is 0 Å². The van der Waals surface area contributed by atoms with Gasteiger partial charge in [0.15, 0.2) is 0 Å². The summed E-state index contributed by atoms with van der Waals surface area (Å²) in [7, 11) is 0. The Balaban J connectivity index is 2.37. The highest BCUT2D eigenvalue weighted by atomic mass is 79.9. The SMILES string of the molecule is O=C1CC(Cl)CN1c1cc(Br)ccc1O. The van der Waals surface area contributed by atoms with Crippen molar-refractivity contribution in [3.05, 3.63) is 22.7 Å². The summed E-state index contributed by atoms with van der Waals surface area (Å²) < 4.78 is 0.820. The molecule has 3 nitrogen and oxygen atoms in total. The van der Waals surface area contributed by atoms with E-state index in [0.717, 1.165) is 4.47 Å².